The highest BCUT2D eigenvalue weighted by Crippen LogP contribution is 2.19. The molecule has 7 heteroatoms. The molecule has 30 heavy (non-hydrogen) atoms. The Kier molecular flexibility index (Phi) is 6.92. The van der Waals surface area contributed by atoms with E-state index in [1.165, 1.54) is 23.5 Å². The SMILES string of the molecule is Cc1ccccc1CNC(=O)c1ccc(CN(C)S(=O)(=O)c2ccc(Cl)cc2)cc1. The molecule has 0 atom stereocenters. The first-order valence-corrected chi connectivity index (χ1v) is 11.2. The zero-order chi connectivity index (χ0) is 21.7. The first-order valence-electron chi connectivity index (χ1n) is 9.41. The summed E-state index contributed by atoms with van der Waals surface area (Å²) in [7, 11) is -2.11. The summed E-state index contributed by atoms with van der Waals surface area (Å²) in [6, 6.07) is 20.9. The second-order valence-electron chi connectivity index (χ2n) is 7.02. The van der Waals surface area contributed by atoms with Crippen molar-refractivity contribution in [2.45, 2.75) is 24.9 Å². The van der Waals surface area contributed by atoms with E-state index in [1.54, 1.807) is 36.4 Å². The number of nitrogens with one attached hydrogen (secondary N) is 1. The Morgan fingerprint density at radius 2 is 1.60 bits per heavy atom. The smallest absolute Gasteiger partial charge is 0.251 e. The normalized spacial score (nSPS) is 11.5. The summed E-state index contributed by atoms with van der Waals surface area (Å²) in [6.07, 6.45) is 0. The van der Waals surface area contributed by atoms with Gasteiger partial charge in [-0.05, 0) is 60.0 Å². The molecule has 1 N–H and O–H groups in total. The largest absolute Gasteiger partial charge is 0.348 e. The van der Waals surface area contributed by atoms with Gasteiger partial charge in [0.2, 0.25) is 10.0 Å². The quantitative estimate of drug-likeness (QED) is 0.589. The first-order chi connectivity index (χ1) is 14.3. The second kappa shape index (κ2) is 9.43. The fourth-order valence-corrected chi connectivity index (χ4v) is 4.26. The van der Waals surface area contributed by atoms with Crippen molar-refractivity contribution in [3.63, 3.8) is 0 Å². The molecule has 0 aliphatic heterocycles. The van der Waals surface area contributed by atoms with Gasteiger partial charge in [-0.15, -0.1) is 0 Å². The van der Waals surface area contributed by atoms with Gasteiger partial charge in [-0.2, -0.15) is 4.31 Å². The molecule has 0 saturated carbocycles. The van der Waals surface area contributed by atoms with Gasteiger partial charge in [0.1, 0.15) is 0 Å². The molecule has 0 spiro atoms. The third-order valence-corrected chi connectivity index (χ3v) is 6.91. The fourth-order valence-electron chi connectivity index (χ4n) is 2.98. The molecule has 0 fully saturated rings. The Hall–Kier alpha value is -2.67. The van der Waals surface area contributed by atoms with E-state index in [0.29, 0.717) is 17.1 Å². The summed E-state index contributed by atoms with van der Waals surface area (Å²) in [6.45, 7) is 2.65. The minimum Gasteiger partial charge on any atom is -0.348 e. The lowest BCUT2D eigenvalue weighted by molar-refractivity contribution is 0.0951. The van der Waals surface area contributed by atoms with Gasteiger partial charge in [0, 0.05) is 30.7 Å². The van der Waals surface area contributed by atoms with Crippen molar-refractivity contribution in [1.29, 1.82) is 0 Å². The second-order valence-corrected chi connectivity index (χ2v) is 9.50. The van der Waals surface area contributed by atoms with Crippen molar-refractivity contribution in [3.8, 4) is 0 Å². The van der Waals surface area contributed by atoms with E-state index in [-0.39, 0.29) is 17.3 Å². The lowest BCUT2D eigenvalue weighted by Crippen LogP contribution is -2.26. The van der Waals surface area contributed by atoms with Gasteiger partial charge in [0.25, 0.3) is 5.91 Å². The maximum Gasteiger partial charge on any atom is 0.251 e. The molecule has 0 aliphatic rings. The number of nitrogens with zero attached hydrogens (tertiary/aromatic N) is 1. The molecular weight excluding hydrogens is 420 g/mol. The summed E-state index contributed by atoms with van der Waals surface area (Å²) < 4.78 is 26.6. The molecule has 0 saturated heterocycles. The van der Waals surface area contributed by atoms with E-state index < -0.39 is 10.0 Å². The van der Waals surface area contributed by atoms with Crippen molar-refractivity contribution in [1.82, 2.24) is 9.62 Å². The third-order valence-electron chi connectivity index (χ3n) is 4.84. The van der Waals surface area contributed by atoms with Gasteiger partial charge in [0.05, 0.1) is 4.90 Å². The number of carbonyl (C=O) groups is 1. The van der Waals surface area contributed by atoms with Crippen molar-refractivity contribution in [2.24, 2.45) is 0 Å². The van der Waals surface area contributed by atoms with Crippen LogP contribution >= 0.6 is 11.6 Å². The molecule has 5 nitrogen and oxygen atoms in total. The van der Waals surface area contributed by atoms with Crippen LogP contribution in [-0.2, 0) is 23.1 Å². The molecule has 3 aromatic carbocycles. The number of benzene rings is 3. The van der Waals surface area contributed by atoms with Crippen LogP contribution in [0.3, 0.4) is 0 Å². The molecule has 0 aliphatic carbocycles. The van der Waals surface area contributed by atoms with Crippen LogP contribution in [0.2, 0.25) is 5.02 Å². The summed E-state index contributed by atoms with van der Waals surface area (Å²) in [5.41, 5.74) is 3.50. The number of carbonyl (C=O) groups excluding carboxylic acids is 1. The highest BCUT2D eigenvalue weighted by Gasteiger charge is 2.20. The van der Waals surface area contributed by atoms with Crippen LogP contribution in [0.15, 0.2) is 77.7 Å². The zero-order valence-corrected chi connectivity index (χ0v) is 18.4. The van der Waals surface area contributed by atoms with Gasteiger partial charge < -0.3 is 5.32 Å². The van der Waals surface area contributed by atoms with E-state index in [1.807, 2.05) is 31.2 Å². The van der Waals surface area contributed by atoms with Crippen LogP contribution in [0.25, 0.3) is 0 Å². The maximum absolute atomic E-state index is 12.7. The predicted octanol–water partition coefficient (Wildman–Crippen LogP) is 4.40. The third kappa shape index (κ3) is 5.27. The number of aryl methyl sites for hydroxylation is 1. The average molecular weight is 443 g/mol. The van der Waals surface area contributed by atoms with Crippen molar-refractivity contribution in [3.05, 3.63) is 100 Å². The van der Waals surface area contributed by atoms with Gasteiger partial charge in [-0.25, -0.2) is 8.42 Å². The molecule has 3 rings (SSSR count). The minimum atomic E-state index is -3.63. The van der Waals surface area contributed by atoms with E-state index in [2.05, 4.69) is 5.32 Å². The van der Waals surface area contributed by atoms with Crippen LogP contribution in [0.4, 0.5) is 0 Å². The van der Waals surface area contributed by atoms with Crippen molar-refractivity contribution >= 4 is 27.5 Å². The number of sulfonamides is 1. The Bertz CT molecular complexity index is 1130. The predicted molar refractivity (Wildman–Crippen MR) is 119 cm³/mol. The molecule has 0 bridgehead atoms. The van der Waals surface area contributed by atoms with E-state index in [0.717, 1.165) is 16.7 Å². The molecule has 156 valence electrons. The van der Waals surface area contributed by atoms with Crippen molar-refractivity contribution in [2.75, 3.05) is 7.05 Å². The van der Waals surface area contributed by atoms with Crippen molar-refractivity contribution < 1.29 is 13.2 Å². The Labute approximate surface area is 182 Å². The number of halogens is 1. The van der Waals surface area contributed by atoms with Crippen LogP contribution in [0.5, 0.6) is 0 Å². The van der Waals surface area contributed by atoms with Crippen LogP contribution in [0.1, 0.15) is 27.0 Å². The van der Waals surface area contributed by atoms with Gasteiger partial charge in [-0.3, -0.25) is 4.79 Å². The van der Waals surface area contributed by atoms with Crippen LogP contribution < -0.4 is 5.32 Å². The number of hydrogen-bond donors (Lipinski definition) is 1. The molecule has 0 aromatic heterocycles. The number of hydrogen-bond acceptors (Lipinski definition) is 3. The lowest BCUT2D eigenvalue weighted by atomic mass is 10.1. The molecule has 0 unspecified atom stereocenters. The fraction of sp³-hybridized carbons (Fsp3) is 0.174. The maximum atomic E-state index is 12.7. The van der Waals surface area contributed by atoms with E-state index >= 15 is 0 Å². The zero-order valence-electron chi connectivity index (χ0n) is 16.8. The van der Waals surface area contributed by atoms with Gasteiger partial charge in [-0.1, -0.05) is 48.0 Å². The molecule has 0 radical (unpaired) electrons. The topological polar surface area (TPSA) is 66.5 Å². The summed E-state index contributed by atoms with van der Waals surface area (Å²) in [4.78, 5) is 12.6. The van der Waals surface area contributed by atoms with Crippen LogP contribution in [0, 0.1) is 6.92 Å². The highest BCUT2D eigenvalue weighted by atomic mass is 35.5. The first kappa shape index (κ1) is 22.0. The molecule has 1 amide bonds. The molecule has 0 heterocycles. The Morgan fingerprint density at radius 1 is 0.967 bits per heavy atom. The molecular formula is C23H23ClN2O3S. The van der Waals surface area contributed by atoms with Gasteiger partial charge >= 0.3 is 0 Å². The summed E-state index contributed by atoms with van der Waals surface area (Å²) >= 11 is 5.84. The monoisotopic (exact) mass is 442 g/mol. The lowest BCUT2D eigenvalue weighted by Gasteiger charge is -2.17. The van der Waals surface area contributed by atoms with Crippen LogP contribution in [-0.4, -0.2) is 25.7 Å². The van der Waals surface area contributed by atoms with Gasteiger partial charge in [0.15, 0.2) is 0 Å². The Morgan fingerprint density at radius 3 is 2.23 bits per heavy atom. The average Bonchev–Trinajstić information content (AvgIpc) is 2.73. The minimum absolute atomic E-state index is 0.174. The molecule has 3 aromatic rings. The number of rotatable bonds is 7. The standard InChI is InChI=1S/C23H23ClN2O3S/c1-17-5-3-4-6-20(17)15-25-23(27)19-9-7-18(8-10-19)16-26(2)30(28,29)22-13-11-21(24)12-14-22/h3-14H,15-16H2,1-2H3,(H,25,27). The highest BCUT2D eigenvalue weighted by molar-refractivity contribution is 7.89. The Balaban J connectivity index is 1.63. The van der Waals surface area contributed by atoms with E-state index in [4.69, 9.17) is 11.6 Å². The summed E-state index contributed by atoms with van der Waals surface area (Å²) in [5.74, 6) is -0.174. The number of amides is 1. The summed E-state index contributed by atoms with van der Waals surface area (Å²) in [5, 5.41) is 3.39. The van der Waals surface area contributed by atoms with E-state index in [9.17, 15) is 13.2 Å².